The maximum atomic E-state index is 5.91. The zero-order valence-corrected chi connectivity index (χ0v) is 9.06. The second kappa shape index (κ2) is 3.94. The Morgan fingerprint density at radius 2 is 2.17 bits per heavy atom. The van der Waals surface area contributed by atoms with Crippen molar-refractivity contribution < 1.29 is 0 Å². The van der Waals surface area contributed by atoms with Crippen LogP contribution in [-0.4, -0.2) is 0 Å². The molecule has 0 aromatic heterocycles. The zero-order valence-electron chi connectivity index (χ0n) is 7.47. The van der Waals surface area contributed by atoms with Crippen LogP contribution >= 0.6 is 15.9 Å². The summed E-state index contributed by atoms with van der Waals surface area (Å²) >= 11 is 3.42. The highest BCUT2D eigenvalue weighted by Gasteiger charge is 2.07. The highest BCUT2D eigenvalue weighted by molar-refractivity contribution is 9.10. The van der Waals surface area contributed by atoms with E-state index in [-0.39, 0.29) is 0 Å². The summed E-state index contributed by atoms with van der Waals surface area (Å²) in [5.41, 5.74) is 8.04. The van der Waals surface area contributed by atoms with Crippen LogP contribution in [0.5, 0.6) is 0 Å². The number of nitrogen functional groups attached to an aromatic ring is 1. The van der Waals surface area contributed by atoms with Crippen LogP contribution in [0.3, 0.4) is 0 Å². The molecule has 0 radical (unpaired) electrons. The first-order valence-electron chi connectivity index (χ1n) is 4.20. The average Bonchev–Trinajstić information content (AvgIpc) is 2.08. The molecule has 1 aromatic carbocycles. The van der Waals surface area contributed by atoms with Crippen LogP contribution in [0.25, 0.3) is 0 Å². The number of benzene rings is 1. The molecule has 2 heteroatoms. The van der Waals surface area contributed by atoms with Crippen molar-refractivity contribution in [3.8, 4) is 0 Å². The summed E-state index contributed by atoms with van der Waals surface area (Å²) in [6, 6.07) is 6.09. The van der Waals surface area contributed by atoms with E-state index in [1.165, 1.54) is 5.56 Å². The Labute approximate surface area is 82.1 Å². The van der Waals surface area contributed by atoms with E-state index in [4.69, 9.17) is 5.73 Å². The normalized spacial score (nSPS) is 12.9. The SMILES string of the molecule is CCC(C)c1cccc(Br)c1N. The second-order valence-electron chi connectivity index (χ2n) is 3.05. The number of halogens is 1. The lowest BCUT2D eigenvalue weighted by Gasteiger charge is -2.12. The van der Waals surface area contributed by atoms with Crippen LogP contribution in [-0.2, 0) is 0 Å². The van der Waals surface area contributed by atoms with E-state index < -0.39 is 0 Å². The summed E-state index contributed by atoms with van der Waals surface area (Å²) in [7, 11) is 0. The number of rotatable bonds is 2. The minimum atomic E-state index is 0.544. The van der Waals surface area contributed by atoms with Crippen LogP contribution < -0.4 is 5.73 Å². The summed E-state index contributed by atoms with van der Waals surface area (Å²) < 4.78 is 1.00. The number of para-hydroxylation sites is 1. The largest absolute Gasteiger partial charge is 0.398 e. The van der Waals surface area contributed by atoms with Gasteiger partial charge >= 0.3 is 0 Å². The second-order valence-corrected chi connectivity index (χ2v) is 3.91. The zero-order chi connectivity index (χ0) is 9.14. The fraction of sp³-hybridized carbons (Fsp3) is 0.400. The number of anilines is 1. The third-order valence-electron chi connectivity index (χ3n) is 2.23. The molecular formula is C10H14BrN. The first kappa shape index (κ1) is 9.59. The van der Waals surface area contributed by atoms with E-state index in [0.29, 0.717) is 5.92 Å². The van der Waals surface area contributed by atoms with Gasteiger partial charge in [-0.25, -0.2) is 0 Å². The summed E-state index contributed by atoms with van der Waals surface area (Å²) in [5, 5.41) is 0. The molecule has 0 aliphatic carbocycles. The monoisotopic (exact) mass is 227 g/mol. The van der Waals surface area contributed by atoms with E-state index >= 15 is 0 Å². The maximum absolute atomic E-state index is 5.91. The Morgan fingerprint density at radius 1 is 1.50 bits per heavy atom. The summed E-state index contributed by atoms with van der Waals surface area (Å²) in [5.74, 6) is 0.544. The predicted molar refractivity (Wildman–Crippen MR) is 57.3 cm³/mol. The minimum absolute atomic E-state index is 0.544. The minimum Gasteiger partial charge on any atom is -0.398 e. The molecule has 1 unspecified atom stereocenters. The average molecular weight is 228 g/mol. The Balaban J connectivity index is 3.07. The summed E-state index contributed by atoms with van der Waals surface area (Å²) in [6.45, 7) is 4.36. The number of nitrogens with two attached hydrogens (primary N) is 1. The van der Waals surface area contributed by atoms with Crippen molar-refractivity contribution in [1.82, 2.24) is 0 Å². The molecule has 0 heterocycles. The van der Waals surface area contributed by atoms with E-state index in [0.717, 1.165) is 16.6 Å². The molecular weight excluding hydrogens is 214 g/mol. The molecule has 66 valence electrons. The molecule has 12 heavy (non-hydrogen) atoms. The molecule has 0 aliphatic rings. The lowest BCUT2D eigenvalue weighted by atomic mass is 9.97. The number of hydrogen-bond acceptors (Lipinski definition) is 1. The van der Waals surface area contributed by atoms with Crippen molar-refractivity contribution in [2.24, 2.45) is 0 Å². The van der Waals surface area contributed by atoms with Gasteiger partial charge in [-0.3, -0.25) is 0 Å². The van der Waals surface area contributed by atoms with Crippen LogP contribution in [0.4, 0.5) is 5.69 Å². The fourth-order valence-corrected chi connectivity index (χ4v) is 1.58. The van der Waals surface area contributed by atoms with Gasteiger partial charge in [0, 0.05) is 10.2 Å². The van der Waals surface area contributed by atoms with Crippen molar-refractivity contribution in [1.29, 1.82) is 0 Å². The Hall–Kier alpha value is -0.500. The Kier molecular flexibility index (Phi) is 3.15. The Bertz CT molecular complexity index is 271. The van der Waals surface area contributed by atoms with Crippen LogP contribution in [0, 0.1) is 0 Å². The smallest absolute Gasteiger partial charge is 0.0493 e. The van der Waals surface area contributed by atoms with E-state index in [1.54, 1.807) is 0 Å². The first-order chi connectivity index (χ1) is 5.66. The van der Waals surface area contributed by atoms with Gasteiger partial charge in [0.2, 0.25) is 0 Å². The van der Waals surface area contributed by atoms with Crippen molar-refractivity contribution in [3.63, 3.8) is 0 Å². The van der Waals surface area contributed by atoms with Crippen molar-refractivity contribution >= 4 is 21.6 Å². The molecule has 2 N–H and O–H groups in total. The third-order valence-corrected chi connectivity index (χ3v) is 2.92. The van der Waals surface area contributed by atoms with Gasteiger partial charge in [0.1, 0.15) is 0 Å². The molecule has 0 saturated heterocycles. The van der Waals surface area contributed by atoms with E-state index in [2.05, 4.69) is 35.8 Å². The van der Waals surface area contributed by atoms with Gasteiger partial charge in [0.15, 0.2) is 0 Å². The first-order valence-corrected chi connectivity index (χ1v) is 5.00. The van der Waals surface area contributed by atoms with Gasteiger partial charge in [-0.1, -0.05) is 26.0 Å². The van der Waals surface area contributed by atoms with Gasteiger partial charge in [0.25, 0.3) is 0 Å². The van der Waals surface area contributed by atoms with Crippen molar-refractivity contribution in [3.05, 3.63) is 28.2 Å². The lowest BCUT2D eigenvalue weighted by molar-refractivity contribution is 0.735. The molecule has 0 fully saturated rings. The van der Waals surface area contributed by atoms with Gasteiger partial charge in [-0.05, 0) is 39.9 Å². The summed E-state index contributed by atoms with van der Waals surface area (Å²) in [6.07, 6.45) is 1.13. The molecule has 0 saturated carbocycles. The van der Waals surface area contributed by atoms with Crippen molar-refractivity contribution in [2.75, 3.05) is 5.73 Å². The molecule has 0 aliphatic heterocycles. The number of hydrogen-bond donors (Lipinski definition) is 1. The Morgan fingerprint density at radius 3 is 2.75 bits per heavy atom. The van der Waals surface area contributed by atoms with Crippen molar-refractivity contribution in [2.45, 2.75) is 26.2 Å². The van der Waals surface area contributed by atoms with Crippen LogP contribution in [0.2, 0.25) is 0 Å². The van der Waals surface area contributed by atoms with E-state index in [9.17, 15) is 0 Å². The quantitative estimate of drug-likeness (QED) is 0.769. The molecule has 1 aromatic rings. The fourth-order valence-electron chi connectivity index (χ4n) is 1.20. The lowest BCUT2D eigenvalue weighted by Crippen LogP contribution is -1.98. The maximum Gasteiger partial charge on any atom is 0.0493 e. The molecule has 0 bridgehead atoms. The molecule has 1 rings (SSSR count). The molecule has 1 nitrogen and oxygen atoms in total. The highest BCUT2D eigenvalue weighted by atomic mass is 79.9. The third kappa shape index (κ3) is 1.81. The van der Waals surface area contributed by atoms with Gasteiger partial charge in [-0.2, -0.15) is 0 Å². The standard InChI is InChI=1S/C10H14BrN/c1-3-7(2)8-5-4-6-9(11)10(8)12/h4-7H,3,12H2,1-2H3. The van der Waals surface area contributed by atoms with Gasteiger partial charge < -0.3 is 5.73 Å². The van der Waals surface area contributed by atoms with Gasteiger partial charge in [0.05, 0.1) is 0 Å². The topological polar surface area (TPSA) is 26.0 Å². The summed E-state index contributed by atoms with van der Waals surface area (Å²) in [4.78, 5) is 0. The van der Waals surface area contributed by atoms with E-state index in [1.807, 2.05) is 12.1 Å². The van der Waals surface area contributed by atoms with Crippen LogP contribution in [0.15, 0.2) is 22.7 Å². The molecule has 1 atom stereocenters. The van der Waals surface area contributed by atoms with Crippen LogP contribution in [0.1, 0.15) is 31.7 Å². The van der Waals surface area contributed by atoms with Gasteiger partial charge in [-0.15, -0.1) is 0 Å². The molecule has 0 amide bonds. The highest BCUT2D eigenvalue weighted by Crippen LogP contribution is 2.30. The predicted octanol–water partition coefficient (Wildman–Crippen LogP) is 3.54. The molecule has 0 spiro atoms.